The number of hydrogen-bond donors (Lipinski definition) is 1. The smallest absolute Gasteiger partial charge is 0.226 e. The van der Waals surface area contributed by atoms with Crippen molar-refractivity contribution in [1.29, 1.82) is 0 Å². The number of nitrogens with one attached hydrogen (secondary N) is 1. The van der Waals surface area contributed by atoms with Crippen LogP contribution in [0.1, 0.15) is 12.0 Å². The normalized spacial score (nSPS) is 23.0. The number of rotatable bonds is 5. The third-order valence-corrected chi connectivity index (χ3v) is 5.06. The Kier molecular flexibility index (Phi) is 5.64. The number of ether oxygens (including phenoxy) is 1. The maximum Gasteiger partial charge on any atom is 0.226 e. The molecular formula is C17H20Cl2N2O3. The van der Waals surface area contributed by atoms with Crippen LogP contribution >= 0.6 is 23.2 Å². The Labute approximate surface area is 151 Å². The molecule has 1 aliphatic heterocycles. The molecule has 0 aromatic heterocycles. The first-order valence-corrected chi connectivity index (χ1v) is 8.90. The standard InChI is InChI=1S/C17H20Cl2N2O3/c18-12-2-1-11(15(19)9-12)3-4-20-16(22)13-10-14(13)17(23)21-5-7-24-8-6-21/h1-2,9,13-14H,3-8,10H2,(H,20,22). The zero-order chi connectivity index (χ0) is 17.1. The molecule has 1 aliphatic carbocycles. The summed E-state index contributed by atoms with van der Waals surface area (Å²) in [4.78, 5) is 26.3. The van der Waals surface area contributed by atoms with Crippen LogP contribution in [0, 0.1) is 11.8 Å². The van der Waals surface area contributed by atoms with E-state index in [0.29, 0.717) is 55.7 Å². The van der Waals surface area contributed by atoms with Crippen molar-refractivity contribution in [3.63, 3.8) is 0 Å². The topological polar surface area (TPSA) is 58.6 Å². The van der Waals surface area contributed by atoms with Gasteiger partial charge in [-0.05, 0) is 30.5 Å². The molecule has 0 bridgehead atoms. The van der Waals surface area contributed by atoms with E-state index >= 15 is 0 Å². The number of amides is 2. The van der Waals surface area contributed by atoms with Gasteiger partial charge in [0.2, 0.25) is 11.8 Å². The predicted molar refractivity (Wildman–Crippen MR) is 92.2 cm³/mol. The van der Waals surface area contributed by atoms with Crippen LogP contribution in [0.25, 0.3) is 0 Å². The largest absolute Gasteiger partial charge is 0.378 e. The van der Waals surface area contributed by atoms with Crippen molar-refractivity contribution >= 4 is 35.0 Å². The highest BCUT2D eigenvalue weighted by atomic mass is 35.5. The van der Waals surface area contributed by atoms with Crippen LogP contribution < -0.4 is 5.32 Å². The molecule has 2 unspecified atom stereocenters. The van der Waals surface area contributed by atoms with Crippen LogP contribution in [0.5, 0.6) is 0 Å². The number of nitrogens with zero attached hydrogens (tertiary/aromatic N) is 1. The van der Waals surface area contributed by atoms with Crippen molar-refractivity contribution in [1.82, 2.24) is 10.2 Å². The summed E-state index contributed by atoms with van der Waals surface area (Å²) >= 11 is 12.0. The third-order valence-electron chi connectivity index (χ3n) is 4.48. The first-order chi connectivity index (χ1) is 11.6. The van der Waals surface area contributed by atoms with Crippen molar-refractivity contribution in [3.05, 3.63) is 33.8 Å². The van der Waals surface area contributed by atoms with E-state index in [-0.39, 0.29) is 23.7 Å². The van der Waals surface area contributed by atoms with Crippen molar-refractivity contribution in [2.45, 2.75) is 12.8 Å². The molecule has 24 heavy (non-hydrogen) atoms. The molecule has 0 spiro atoms. The highest BCUT2D eigenvalue weighted by Gasteiger charge is 2.49. The minimum absolute atomic E-state index is 0.0494. The summed E-state index contributed by atoms with van der Waals surface area (Å²) in [5, 5.41) is 4.09. The molecular weight excluding hydrogens is 351 g/mol. The number of hydrogen-bond acceptors (Lipinski definition) is 3. The summed E-state index contributed by atoms with van der Waals surface area (Å²) < 4.78 is 5.24. The number of carbonyl (C=O) groups is 2. The molecule has 1 N–H and O–H groups in total. The quantitative estimate of drug-likeness (QED) is 0.863. The molecule has 3 rings (SSSR count). The van der Waals surface area contributed by atoms with Crippen molar-refractivity contribution in [3.8, 4) is 0 Å². The summed E-state index contributed by atoms with van der Waals surface area (Å²) in [6, 6.07) is 5.33. The summed E-state index contributed by atoms with van der Waals surface area (Å²) in [5.41, 5.74) is 0.943. The van der Waals surface area contributed by atoms with E-state index in [9.17, 15) is 9.59 Å². The van der Waals surface area contributed by atoms with Gasteiger partial charge < -0.3 is 15.0 Å². The van der Waals surface area contributed by atoms with Crippen molar-refractivity contribution in [2.24, 2.45) is 11.8 Å². The summed E-state index contributed by atoms with van der Waals surface area (Å²) in [5.74, 6) is -0.325. The van der Waals surface area contributed by atoms with Crippen LogP contribution in [-0.4, -0.2) is 49.6 Å². The molecule has 1 heterocycles. The van der Waals surface area contributed by atoms with Crippen LogP contribution in [0.2, 0.25) is 10.0 Å². The average Bonchev–Trinajstić information content (AvgIpc) is 3.37. The van der Waals surface area contributed by atoms with Crippen molar-refractivity contribution < 1.29 is 14.3 Å². The van der Waals surface area contributed by atoms with Gasteiger partial charge in [-0.3, -0.25) is 9.59 Å². The molecule has 1 aromatic rings. The lowest BCUT2D eigenvalue weighted by molar-refractivity contribution is -0.138. The molecule has 1 saturated heterocycles. The van der Waals surface area contributed by atoms with E-state index < -0.39 is 0 Å². The fraction of sp³-hybridized carbons (Fsp3) is 0.529. The number of halogens is 2. The van der Waals surface area contributed by atoms with Gasteiger partial charge in [0.1, 0.15) is 0 Å². The maximum atomic E-state index is 12.3. The predicted octanol–water partition coefficient (Wildman–Crippen LogP) is 2.15. The lowest BCUT2D eigenvalue weighted by atomic mass is 10.1. The zero-order valence-corrected chi connectivity index (χ0v) is 14.8. The zero-order valence-electron chi connectivity index (χ0n) is 13.3. The fourth-order valence-corrected chi connectivity index (χ4v) is 3.45. The first-order valence-electron chi connectivity index (χ1n) is 8.14. The summed E-state index contributed by atoms with van der Waals surface area (Å²) in [7, 11) is 0. The Morgan fingerprint density at radius 3 is 2.67 bits per heavy atom. The molecule has 2 atom stereocenters. The molecule has 7 heteroatoms. The number of carbonyl (C=O) groups excluding carboxylic acids is 2. The average molecular weight is 371 g/mol. The highest BCUT2D eigenvalue weighted by Crippen LogP contribution is 2.40. The second kappa shape index (κ2) is 7.72. The fourth-order valence-electron chi connectivity index (χ4n) is 2.95. The van der Waals surface area contributed by atoms with Gasteiger partial charge in [0.15, 0.2) is 0 Å². The van der Waals surface area contributed by atoms with Gasteiger partial charge in [-0.2, -0.15) is 0 Å². The van der Waals surface area contributed by atoms with E-state index in [1.165, 1.54) is 0 Å². The van der Waals surface area contributed by atoms with Gasteiger partial charge in [0.05, 0.1) is 25.0 Å². The van der Waals surface area contributed by atoms with Crippen molar-refractivity contribution in [2.75, 3.05) is 32.8 Å². The number of benzene rings is 1. The van der Waals surface area contributed by atoms with E-state index in [1.54, 1.807) is 17.0 Å². The molecule has 5 nitrogen and oxygen atoms in total. The summed E-state index contributed by atoms with van der Waals surface area (Å²) in [6.07, 6.45) is 1.28. The first kappa shape index (κ1) is 17.5. The van der Waals surface area contributed by atoms with Gasteiger partial charge in [-0.1, -0.05) is 29.3 Å². The molecule has 1 aromatic carbocycles. The molecule has 2 aliphatic rings. The van der Waals surface area contributed by atoms with E-state index in [0.717, 1.165) is 5.56 Å². The molecule has 130 valence electrons. The van der Waals surface area contributed by atoms with Crippen LogP contribution in [0.4, 0.5) is 0 Å². The van der Waals surface area contributed by atoms with Gasteiger partial charge in [-0.15, -0.1) is 0 Å². The Balaban J connectivity index is 1.42. The second-order valence-electron chi connectivity index (χ2n) is 6.16. The van der Waals surface area contributed by atoms with Gasteiger partial charge in [0, 0.05) is 29.7 Å². The van der Waals surface area contributed by atoms with Gasteiger partial charge in [-0.25, -0.2) is 0 Å². The minimum atomic E-state index is -0.193. The van der Waals surface area contributed by atoms with Gasteiger partial charge >= 0.3 is 0 Å². The third kappa shape index (κ3) is 4.21. The molecule has 2 fully saturated rings. The van der Waals surface area contributed by atoms with E-state index in [2.05, 4.69) is 5.32 Å². The highest BCUT2D eigenvalue weighted by molar-refractivity contribution is 6.35. The lowest BCUT2D eigenvalue weighted by Crippen LogP contribution is -2.42. The Morgan fingerprint density at radius 1 is 1.21 bits per heavy atom. The maximum absolute atomic E-state index is 12.3. The molecule has 0 radical (unpaired) electrons. The SMILES string of the molecule is O=C(NCCc1ccc(Cl)cc1Cl)C1CC1C(=O)N1CCOCC1. The second-order valence-corrected chi connectivity index (χ2v) is 7.01. The monoisotopic (exact) mass is 370 g/mol. The number of morpholine rings is 1. The van der Waals surface area contributed by atoms with Crippen LogP contribution in [0.3, 0.4) is 0 Å². The van der Waals surface area contributed by atoms with E-state index in [4.69, 9.17) is 27.9 Å². The van der Waals surface area contributed by atoms with E-state index in [1.807, 2.05) is 6.07 Å². The Hall–Kier alpha value is -1.30. The molecule has 1 saturated carbocycles. The Bertz CT molecular complexity index is 632. The van der Waals surface area contributed by atoms with Crippen LogP contribution in [-0.2, 0) is 20.7 Å². The summed E-state index contributed by atoms with van der Waals surface area (Å²) in [6.45, 7) is 2.90. The minimum Gasteiger partial charge on any atom is -0.378 e. The Morgan fingerprint density at radius 2 is 1.96 bits per heavy atom. The van der Waals surface area contributed by atoms with Gasteiger partial charge in [0.25, 0.3) is 0 Å². The molecule has 2 amide bonds. The lowest BCUT2D eigenvalue weighted by Gasteiger charge is -2.27. The van der Waals surface area contributed by atoms with Crippen LogP contribution in [0.15, 0.2) is 18.2 Å².